The van der Waals surface area contributed by atoms with Crippen LogP contribution >= 0.6 is 11.5 Å². The Kier molecular flexibility index (Phi) is 2.47. The van der Waals surface area contributed by atoms with Gasteiger partial charge in [-0.3, -0.25) is 4.79 Å². The van der Waals surface area contributed by atoms with Crippen LogP contribution in [0.1, 0.15) is 11.8 Å². The first kappa shape index (κ1) is 7.30. The lowest BCUT2D eigenvalue weighted by Gasteiger charge is -1.99. The number of ether oxygens (including phenoxy) is 1. The van der Waals surface area contributed by atoms with Gasteiger partial charge in [-0.1, -0.05) is 4.49 Å². The average molecular weight is 157 g/mol. The zero-order valence-corrected chi connectivity index (χ0v) is 6.09. The maximum Gasteiger partial charge on any atom is 0.236 e. The van der Waals surface area contributed by atoms with Crippen molar-refractivity contribution in [3.8, 4) is 0 Å². The Hall–Kier alpha value is -0.810. The lowest BCUT2D eigenvalue weighted by molar-refractivity contribution is 0.151. The summed E-state index contributed by atoms with van der Waals surface area (Å²) >= 11 is 1.18. The molecule has 0 amide bonds. The van der Waals surface area contributed by atoms with Crippen LogP contribution in [0.2, 0.25) is 0 Å². The van der Waals surface area contributed by atoms with Crippen molar-refractivity contribution < 1.29 is 9.53 Å². The van der Waals surface area contributed by atoms with E-state index in [9.17, 15) is 4.79 Å². The number of hydrogen-bond acceptors (Lipinski definition) is 5. The Labute approximate surface area is 62.0 Å². The topological polar surface area (TPSA) is 52.1 Å². The van der Waals surface area contributed by atoms with Crippen LogP contribution in [-0.2, 0) is 9.53 Å². The van der Waals surface area contributed by atoms with Crippen LogP contribution < -0.4 is 0 Å². The molecule has 0 bridgehead atoms. The van der Waals surface area contributed by atoms with Crippen molar-refractivity contribution in [2.75, 3.05) is 7.11 Å². The summed E-state index contributed by atoms with van der Waals surface area (Å²) < 4.78 is 8.30. The van der Waals surface area contributed by atoms with Crippen LogP contribution in [0.25, 0.3) is 0 Å². The van der Waals surface area contributed by atoms with E-state index in [2.05, 4.69) is 9.59 Å². The molecule has 1 rings (SSSR count). The monoisotopic (exact) mass is 157 g/mol. The molecule has 0 aliphatic rings. The van der Waals surface area contributed by atoms with Crippen molar-refractivity contribution >= 4 is 17.8 Å². The van der Waals surface area contributed by atoms with E-state index in [0.717, 1.165) is 0 Å². The third-order valence-corrected chi connectivity index (χ3v) is 1.51. The van der Waals surface area contributed by atoms with E-state index >= 15 is 0 Å². The summed E-state index contributed by atoms with van der Waals surface area (Å²) in [5.41, 5.74) is 0.516. The van der Waals surface area contributed by atoms with Crippen molar-refractivity contribution in [2.24, 2.45) is 0 Å². The van der Waals surface area contributed by atoms with Crippen molar-refractivity contribution in [3.05, 3.63) is 11.1 Å². The van der Waals surface area contributed by atoms with Gasteiger partial charge in [0.15, 0.2) is 6.10 Å². The van der Waals surface area contributed by atoms with Crippen molar-refractivity contribution in [3.63, 3.8) is 0 Å². The van der Waals surface area contributed by atoms with E-state index in [1.807, 2.05) is 0 Å². The fourth-order valence-electron chi connectivity index (χ4n) is 0.515. The summed E-state index contributed by atoms with van der Waals surface area (Å²) in [4.78, 5) is 10.1. The molecule has 1 atom stereocenters. The highest BCUT2D eigenvalue weighted by molar-refractivity contribution is 7.03. The highest BCUT2D eigenvalue weighted by Crippen LogP contribution is 2.10. The minimum Gasteiger partial charge on any atom is -0.367 e. The first-order valence-corrected chi connectivity index (χ1v) is 3.39. The first-order chi connectivity index (χ1) is 4.88. The van der Waals surface area contributed by atoms with Crippen LogP contribution in [0.5, 0.6) is 0 Å². The number of aromatic nitrogens is 2. The van der Waals surface area contributed by atoms with Gasteiger partial charge in [0.05, 0.1) is 0 Å². The largest absolute Gasteiger partial charge is 0.367 e. The third-order valence-electron chi connectivity index (χ3n) is 0.988. The molecule has 0 spiro atoms. The zero-order valence-electron chi connectivity index (χ0n) is 5.27. The molecule has 0 N–H and O–H groups in total. The third kappa shape index (κ3) is 1.37. The molecular weight excluding hydrogens is 152 g/mol. The molecule has 0 saturated carbocycles. The van der Waals surface area contributed by atoms with Gasteiger partial charge in [-0.15, -0.1) is 5.10 Å². The van der Waals surface area contributed by atoms with Gasteiger partial charge in [0.25, 0.3) is 0 Å². The Balaban J connectivity index is 2.73. The fourth-order valence-corrected chi connectivity index (χ4v) is 0.983. The van der Waals surface area contributed by atoms with E-state index in [-0.39, 0.29) is 0 Å². The van der Waals surface area contributed by atoms with Crippen LogP contribution in [0.4, 0.5) is 0 Å². The Morgan fingerprint density at radius 3 is 3.10 bits per heavy atom. The summed E-state index contributed by atoms with van der Waals surface area (Å²) in [5.74, 6) is 0. The van der Waals surface area contributed by atoms with E-state index in [1.54, 1.807) is 11.7 Å². The minimum absolute atomic E-state index is 0.516. The molecule has 0 fully saturated rings. The molecule has 1 unspecified atom stereocenters. The van der Waals surface area contributed by atoms with Crippen LogP contribution in [-0.4, -0.2) is 23.0 Å². The molecule has 4 nitrogen and oxygen atoms in total. The van der Waals surface area contributed by atoms with Gasteiger partial charge in [-0.25, -0.2) is 0 Å². The molecule has 1 radical (unpaired) electrons. The van der Waals surface area contributed by atoms with Crippen LogP contribution in [0.15, 0.2) is 5.38 Å². The second kappa shape index (κ2) is 3.38. The summed E-state index contributed by atoms with van der Waals surface area (Å²) in [5, 5.41) is 5.29. The molecule has 1 aromatic rings. The Morgan fingerprint density at radius 2 is 2.70 bits per heavy atom. The van der Waals surface area contributed by atoms with Crippen molar-refractivity contribution in [1.82, 2.24) is 9.59 Å². The van der Waals surface area contributed by atoms with Crippen LogP contribution in [0.3, 0.4) is 0 Å². The second-order valence-electron chi connectivity index (χ2n) is 1.56. The van der Waals surface area contributed by atoms with Gasteiger partial charge in [0, 0.05) is 12.5 Å². The Morgan fingerprint density at radius 1 is 1.90 bits per heavy atom. The zero-order chi connectivity index (χ0) is 7.40. The van der Waals surface area contributed by atoms with Gasteiger partial charge < -0.3 is 4.74 Å². The van der Waals surface area contributed by atoms with E-state index in [0.29, 0.717) is 5.69 Å². The number of hydrogen-bond donors (Lipinski definition) is 0. The maximum absolute atomic E-state index is 10.1. The maximum atomic E-state index is 10.1. The molecule has 5 heteroatoms. The van der Waals surface area contributed by atoms with E-state index in [1.165, 1.54) is 18.6 Å². The number of carbonyl (C=O) groups excluding carboxylic acids is 1. The van der Waals surface area contributed by atoms with Crippen molar-refractivity contribution in [2.45, 2.75) is 6.10 Å². The molecule has 0 saturated heterocycles. The molecule has 0 aromatic carbocycles. The molecule has 53 valence electrons. The number of methoxy groups -OCH3 is 1. The molecule has 0 aliphatic carbocycles. The molecular formula is C5H5N2O2S. The Bertz CT molecular complexity index is 199. The SMILES string of the molecule is COC([C]=O)c1csnn1. The summed E-state index contributed by atoms with van der Waals surface area (Å²) in [7, 11) is 1.43. The fraction of sp³-hybridized carbons (Fsp3) is 0.400. The predicted octanol–water partition coefficient (Wildman–Crippen LogP) is 0.335. The lowest BCUT2D eigenvalue weighted by Crippen LogP contribution is -2.02. The summed E-state index contributed by atoms with van der Waals surface area (Å²) in [6.07, 6.45) is 1.00. The quantitative estimate of drug-likeness (QED) is 0.634. The molecule has 1 aromatic heterocycles. The first-order valence-electron chi connectivity index (χ1n) is 2.56. The minimum atomic E-state index is -0.682. The van der Waals surface area contributed by atoms with E-state index < -0.39 is 6.10 Å². The van der Waals surface area contributed by atoms with Crippen LogP contribution in [0, 0.1) is 0 Å². The highest BCUT2D eigenvalue weighted by atomic mass is 32.1. The van der Waals surface area contributed by atoms with Gasteiger partial charge >= 0.3 is 0 Å². The smallest absolute Gasteiger partial charge is 0.236 e. The normalized spacial score (nSPS) is 12.9. The van der Waals surface area contributed by atoms with E-state index in [4.69, 9.17) is 4.74 Å². The van der Waals surface area contributed by atoms with Crippen molar-refractivity contribution in [1.29, 1.82) is 0 Å². The van der Waals surface area contributed by atoms with Gasteiger partial charge in [0.2, 0.25) is 6.29 Å². The highest BCUT2D eigenvalue weighted by Gasteiger charge is 2.11. The van der Waals surface area contributed by atoms with Gasteiger partial charge in [0.1, 0.15) is 5.69 Å². The average Bonchev–Trinajstić information content (AvgIpc) is 2.43. The number of rotatable bonds is 3. The lowest BCUT2D eigenvalue weighted by atomic mass is 10.3. The summed E-state index contributed by atoms with van der Waals surface area (Å²) in [6.45, 7) is 0. The second-order valence-corrected chi connectivity index (χ2v) is 2.17. The van der Waals surface area contributed by atoms with Gasteiger partial charge in [-0.05, 0) is 11.5 Å². The van der Waals surface area contributed by atoms with Gasteiger partial charge in [-0.2, -0.15) is 0 Å². The molecule has 0 aliphatic heterocycles. The standard InChI is InChI=1S/C5H5N2O2S/c1-9-5(2-8)4-3-10-7-6-4/h3,5H,1H3. The molecule has 10 heavy (non-hydrogen) atoms. The summed E-state index contributed by atoms with van der Waals surface area (Å²) in [6, 6.07) is 0. The number of nitrogens with zero attached hydrogens (tertiary/aromatic N) is 2. The molecule has 1 heterocycles. The predicted molar refractivity (Wildman–Crippen MR) is 35.4 cm³/mol.